The lowest BCUT2D eigenvalue weighted by Gasteiger charge is -2.25. The fourth-order valence-corrected chi connectivity index (χ4v) is 4.33. The van der Waals surface area contributed by atoms with Crippen molar-refractivity contribution in [1.82, 2.24) is 9.62 Å². The molecular weight excluding hydrogens is 375 g/mol. The highest BCUT2D eigenvalue weighted by molar-refractivity contribution is 7.89. The molecule has 0 aliphatic carbocycles. The van der Waals surface area contributed by atoms with Gasteiger partial charge in [-0.25, -0.2) is 8.42 Å². The van der Waals surface area contributed by atoms with Gasteiger partial charge in [0.05, 0.1) is 6.61 Å². The summed E-state index contributed by atoms with van der Waals surface area (Å²) in [5, 5.41) is 3.53. The second kappa shape index (κ2) is 9.22. The Hall–Kier alpha value is -0.570. The van der Waals surface area contributed by atoms with E-state index in [9.17, 15) is 8.42 Å². The lowest BCUT2D eigenvalue weighted by molar-refractivity contribution is 0.0900. The zero-order valence-corrected chi connectivity index (χ0v) is 16.4. The third kappa shape index (κ3) is 4.97. The Morgan fingerprint density at radius 2 is 2.17 bits per heavy atom. The van der Waals surface area contributed by atoms with Crippen molar-refractivity contribution in [3.63, 3.8) is 0 Å². The molecule has 0 spiro atoms. The van der Waals surface area contributed by atoms with Crippen molar-refractivity contribution < 1.29 is 17.9 Å². The topological polar surface area (TPSA) is 67.9 Å². The van der Waals surface area contributed by atoms with Gasteiger partial charge in [-0.05, 0) is 38.1 Å². The number of nitrogens with one attached hydrogen (secondary N) is 1. The minimum atomic E-state index is -3.69. The van der Waals surface area contributed by atoms with Gasteiger partial charge in [-0.1, -0.05) is 11.6 Å². The van der Waals surface area contributed by atoms with E-state index in [1.807, 2.05) is 6.92 Å². The molecule has 6 nitrogen and oxygen atoms in total. The fraction of sp³-hybridized carbons (Fsp3) is 0.600. The molecule has 0 saturated carbocycles. The number of rotatable bonds is 7. The van der Waals surface area contributed by atoms with Crippen LogP contribution in [-0.2, 0) is 14.8 Å². The Balaban J connectivity index is 0.00000288. The first-order valence-corrected chi connectivity index (χ1v) is 9.32. The summed E-state index contributed by atoms with van der Waals surface area (Å²) in [4.78, 5) is 0.0855. The van der Waals surface area contributed by atoms with E-state index in [0.29, 0.717) is 18.2 Å². The first kappa shape index (κ1) is 21.5. The second-order valence-corrected chi connectivity index (χ2v) is 8.05. The van der Waals surface area contributed by atoms with E-state index >= 15 is 0 Å². The lowest BCUT2D eigenvalue weighted by atomic mass is 10.3. The van der Waals surface area contributed by atoms with Gasteiger partial charge in [0, 0.05) is 31.8 Å². The van der Waals surface area contributed by atoms with Gasteiger partial charge in [-0.15, -0.1) is 12.4 Å². The molecule has 1 aliphatic heterocycles. The largest absolute Gasteiger partial charge is 0.487 e. The molecule has 24 heavy (non-hydrogen) atoms. The Morgan fingerprint density at radius 1 is 1.46 bits per heavy atom. The second-order valence-electron chi connectivity index (χ2n) is 5.64. The zero-order valence-electron chi connectivity index (χ0n) is 14.0. The number of ether oxygens (including phenoxy) is 2. The van der Waals surface area contributed by atoms with Crippen molar-refractivity contribution in [2.24, 2.45) is 0 Å². The van der Waals surface area contributed by atoms with Gasteiger partial charge in [0.15, 0.2) is 0 Å². The van der Waals surface area contributed by atoms with Crippen molar-refractivity contribution in [2.45, 2.75) is 30.4 Å². The molecule has 2 atom stereocenters. The van der Waals surface area contributed by atoms with E-state index in [1.54, 1.807) is 26.3 Å². The molecular formula is C15H24Cl2N2O4S. The first-order valence-electron chi connectivity index (χ1n) is 7.50. The fourth-order valence-electron chi connectivity index (χ4n) is 2.57. The maximum Gasteiger partial charge on any atom is 0.246 e. The van der Waals surface area contributed by atoms with Gasteiger partial charge >= 0.3 is 0 Å². The van der Waals surface area contributed by atoms with Gasteiger partial charge in [-0.3, -0.25) is 0 Å². The van der Waals surface area contributed by atoms with Crippen LogP contribution in [0, 0.1) is 0 Å². The van der Waals surface area contributed by atoms with Crippen LogP contribution < -0.4 is 10.1 Å². The molecule has 1 fully saturated rings. The first-order chi connectivity index (χ1) is 10.9. The number of nitrogens with zero attached hydrogens (tertiary/aromatic N) is 1. The summed E-state index contributed by atoms with van der Waals surface area (Å²) in [5.41, 5.74) is 0. The van der Waals surface area contributed by atoms with Crippen LogP contribution in [0.5, 0.6) is 5.75 Å². The minimum absolute atomic E-state index is 0. The Morgan fingerprint density at radius 3 is 2.75 bits per heavy atom. The summed E-state index contributed by atoms with van der Waals surface area (Å²) in [6.45, 7) is 3.64. The van der Waals surface area contributed by atoms with Crippen molar-refractivity contribution >= 4 is 34.0 Å². The molecule has 0 radical (unpaired) electrons. The molecule has 2 unspecified atom stereocenters. The molecule has 1 aromatic rings. The van der Waals surface area contributed by atoms with Crippen LogP contribution in [0.2, 0.25) is 5.02 Å². The zero-order chi connectivity index (χ0) is 17.0. The molecule has 2 rings (SSSR count). The summed E-state index contributed by atoms with van der Waals surface area (Å²) < 4.78 is 38.1. The molecule has 0 bridgehead atoms. The summed E-state index contributed by atoms with van der Waals surface area (Å²) in [6.07, 6.45) is 0.514. The van der Waals surface area contributed by atoms with Gasteiger partial charge < -0.3 is 14.8 Å². The van der Waals surface area contributed by atoms with E-state index in [0.717, 1.165) is 13.0 Å². The Bertz CT molecular complexity index is 636. The van der Waals surface area contributed by atoms with Crippen molar-refractivity contribution in [1.29, 1.82) is 0 Å². The average molecular weight is 399 g/mol. The van der Waals surface area contributed by atoms with Crippen LogP contribution in [0.4, 0.5) is 0 Å². The highest BCUT2D eigenvalue weighted by Crippen LogP contribution is 2.31. The number of hydrogen-bond donors (Lipinski definition) is 1. The highest BCUT2D eigenvalue weighted by Gasteiger charge is 2.32. The standard InChI is InChI=1S/C15H23ClN2O4S.ClH/c1-11(10-21-3)22-14-5-4-12(16)8-15(14)23(19,20)18(2)13-6-7-17-9-13;/h4-5,8,11,13,17H,6-7,9-10H2,1-3H3;1H. The highest BCUT2D eigenvalue weighted by atomic mass is 35.5. The van der Waals surface area contributed by atoms with E-state index in [-0.39, 0.29) is 35.2 Å². The number of benzene rings is 1. The molecule has 1 saturated heterocycles. The van der Waals surface area contributed by atoms with Crippen molar-refractivity contribution in [2.75, 3.05) is 33.9 Å². The predicted molar refractivity (Wildman–Crippen MR) is 96.9 cm³/mol. The van der Waals surface area contributed by atoms with E-state index in [2.05, 4.69) is 5.32 Å². The maximum atomic E-state index is 13.0. The lowest BCUT2D eigenvalue weighted by Crippen LogP contribution is -2.38. The Kier molecular flexibility index (Phi) is 8.25. The summed E-state index contributed by atoms with van der Waals surface area (Å²) in [6, 6.07) is 4.57. The maximum absolute atomic E-state index is 13.0. The molecule has 1 heterocycles. The molecule has 0 aromatic heterocycles. The summed E-state index contributed by atoms with van der Waals surface area (Å²) in [7, 11) is -0.530. The average Bonchev–Trinajstić information content (AvgIpc) is 3.02. The molecule has 138 valence electrons. The molecule has 9 heteroatoms. The van der Waals surface area contributed by atoms with Crippen molar-refractivity contribution in [3.8, 4) is 5.75 Å². The van der Waals surface area contributed by atoms with E-state index in [4.69, 9.17) is 21.1 Å². The summed E-state index contributed by atoms with van der Waals surface area (Å²) >= 11 is 6.01. The minimum Gasteiger partial charge on any atom is -0.487 e. The quantitative estimate of drug-likeness (QED) is 0.761. The Labute approximate surface area is 154 Å². The molecule has 1 aromatic carbocycles. The van der Waals surface area contributed by atoms with Crippen LogP contribution in [0.15, 0.2) is 23.1 Å². The van der Waals surface area contributed by atoms with E-state index in [1.165, 1.54) is 10.4 Å². The van der Waals surface area contributed by atoms with Crippen LogP contribution in [0.3, 0.4) is 0 Å². The molecule has 1 aliphatic rings. The van der Waals surface area contributed by atoms with Gasteiger partial charge in [0.1, 0.15) is 16.7 Å². The van der Waals surface area contributed by atoms with Crippen LogP contribution in [0.25, 0.3) is 0 Å². The summed E-state index contributed by atoms with van der Waals surface area (Å²) in [5.74, 6) is 0.289. The third-order valence-electron chi connectivity index (χ3n) is 3.84. The number of methoxy groups -OCH3 is 1. The van der Waals surface area contributed by atoms with Crippen molar-refractivity contribution in [3.05, 3.63) is 23.2 Å². The normalized spacial score (nSPS) is 19.1. The molecule has 0 amide bonds. The number of sulfonamides is 1. The predicted octanol–water partition coefficient (Wildman–Crippen LogP) is 2.16. The van der Waals surface area contributed by atoms with E-state index < -0.39 is 10.0 Å². The van der Waals surface area contributed by atoms with Crippen LogP contribution in [0.1, 0.15) is 13.3 Å². The van der Waals surface area contributed by atoms with Gasteiger partial charge in [-0.2, -0.15) is 4.31 Å². The van der Waals surface area contributed by atoms with Gasteiger partial charge in [0.25, 0.3) is 0 Å². The number of halogens is 2. The monoisotopic (exact) mass is 398 g/mol. The molecule has 1 N–H and O–H groups in total. The number of likely N-dealkylation sites (N-methyl/N-ethyl adjacent to an activating group) is 1. The third-order valence-corrected chi connectivity index (χ3v) is 6.01. The smallest absolute Gasteiger partial charge is 0.246 e. The SMILES string of the molecule is COCC(C)Oc1ccc(Cl)cc1S(=O)(=O)N(C)C1CCNC1.Cl. The van der Waals surface area contributed by atoms with Crippen LogP contribution >= 0.6 is 24.0 Å². The van der Waals surface area contributed by atoms with Crippen LogP contribution in [-0.4, -0.2) is 58.7 Å². The number of hydrogen-bond acceptors (Lipinski definition) is 5. The van der Waals surface area contributed by atoms with Gasteiger partial charge in [0.2, 0.25) is 10.0 Å².